The number of carbonyl (C=O) groups is 1. The highest BCUT2D eigenvalue weighted by Crippen LogP contribution is 2.22. The van der Waals surface area contributed by atoms with Gasteiger partial charge in [-0.2, -0.15) is 0 Å². The summed E-state index contributed by atoms with van der Waals surface area (Å²) in [5.41, 5.74) is 1.22. The number of hydrogen-bond acceptors (Lipinski definition) is 2. The van der Waals surface area contributed by atoms with Crippen molar-refractivity contribution in [3.05, 3.63) is 41.5 Å². The van der Waals surface area contributed by atoms with E-state index in [4.69, 9.17) is 0 Å². The van der Waals surface area contributed by atoms with Gasteiger partial charge in [0.05, 0.1) is 5.56 Å². The number of allylic oxidation sites excluding steroid dienone is 2. The van der Waals surface area contributed by atoms with Crippen LogP contribution in [0.1, 0.15) is 49.9 Å². The van der Waals surface area contributed by atoms with E-state index >= 15 is 0 Å². The largest absolute Gasteiger partial charge is 0.507 e. The van der Waals surface area contributed by atoms with E-state index in [-0.39, 0.29) is 11.5 Å². The molecule has 1 rings (SSSR count). The van der Waals surface area contributed by atoms with Crippen LogP contribution < -0.4 is 0 Å². The number of ketones is 1. The number of phenolic OH excluding ortho intramolecular Hbond substituents is 1. The molecule has 0 bridgehead atoms. The highest BCUT2D eigenvalue weighted by molar-refractivity contribution is 6.10. The van der Waals surface area contributed by atoms with Gasteiger partial charge in [0.15, 0.2) is 5.78 Å². The zero-order valence-electron chi connectivity index (χ0n) is 10.6. The molecule has 0 atom stereocenters. The van der Waals surface area contributed by atoms with E-state index in [1.165, 1.54) is 0 Å². The summed E-state index contributed by atoms with van der Waals surface area (Å²) in [4.78, 5) is 12.2. The second-order valence-electron chi connectivity index (χ2n) is 4.09. The molecule has 1 aromatic carbocycles. The lowest BCUT2D eigenvalue weighted by Gasteiger charge is -2.07. The minimum Gasteiger partial charge on any atom is -0.507 e. The standard InChI is InChI=1S/C15H20O2/c1-3-5-9-12(8-4-2)15(17)13-10-6-7-11-14(13)16/h6-8,10-11,16H,3-5,9H2,1-2H3/b12-8+. The number of para-hydroxylation sites is 1. The van der Waals surface area contributed by atoms with Crippen LogP contribution in [-0.2, 0) is 0 Å². The lowest BCUT2D eigenvalue weighted by atomic mass is 9.97. The van der Waals surface area contributed by atoms with Crippen LogP contribution in [0, 0.1) is 0 Å². The van der Waals surface area contributed by atoms with Gasteiger partial charge in [-0.3, -0.25) is 4.79 Å². The molecule has 2 heteroatoms. The second kappa shape index (κ2) is 6.89. The molecule has 0 saturated carbocycles. The third kappa shape index (κ3) is 3.74. The minimum absolute atomic E-state index is 0.0431. The number of rotatable bonds is 6. The first kappa shape index (κ1) is 13.5. The zero-order chi connectivity index (χ0) is 12.7. The first-order valence-electron chi connectivity index (χ1n) is 6.22. The molecule has 0 aromatic heterocycles. The summed E-state index contributed by atoms with van der Waals surface area (Å²) in [6, 6.07) is 6.72. The third-order valence-corrected chi connectivity index (χ3v) is 2.69. The molecule has 92 valence electrons. The Balaban J connectivity index is 2.92. The van der Waals surface area contributed by atoms with Crippen LogP contribution in [0.3, 0.4) is 0 Å². The molecule has 0 unspecified atom stereocenters. The molecule has 17 heavy (non-hydrogen) atoms. The normalized spacial score (nSPS) is 11.5. The summed E-state index contributed by atoms with van der Waals surface area (Å²) in [5.74, 6) is 0.0226. The maximum Gasteiger partial charge on any atom is 0.192 e. The third-order valence-electron chi connectivity index (χ3n) is 2.69. The van der Waals surface area contributed by atoms with Gasteiger partial charge < -0.3 is 5.11 Å². The van der Waals surface area contributed by atoms with Gasteiger partial charge >= 0.3 is 0 Å². The first-order valence-corrected chi connectivity index (χ1v) is 6.22. The highest BCUT2D eigenvalue weighted by atomic mass is 16.3. The summed E-state index contributed by atoms with van der Waals surface area (Å²) in [6.07, 6.45) is 5.67. The molecular formula is C15H20O2. The Morgan fingerprint density at radius 3 is 2.59 bits per heavy atom. The van der Waals surface area contributed by atoms with Crippen molar-refractivity contribution < 1.29 is 9.90 Å². The van der Waals surface area contributed by atoms with E-state index in [1.807, 2.05) is 13.0 Å². The number of unbranched alkanes of at least 4 members (excludes halogenated alkanes) is 1. The predicted octanol–water partition coefficient (Wildman–Crippen LogP) is 4.10. The summed E-state index contributed by atoms with van der Waals surface area (Å²) in [7, 11) is 0. The Bertz CT molecular complexity index is 405. The van der Waals surface area contributed by atoms with Crippen LogP contribution in [0.15, 0.2) is 35.9 Å². The van der Waals surface area contributed by atoms with Crippen LogP contribution in [0.2, 0.25) is 0 Å². The fraction of sp³-hybridized carbons (Fsp3) is 0.400. The molecule has 1 N–H and O–H groups in total. The topological polar surface area (TPSA) is 37.3 Å². The van der Waals surface area contributed by atoms with E-state index in [1.54, 1.807) is 24.3 Å². The van der Waals surface area contributed by atoms with Crippen molar-refractivity contribution in [3.63, 3.8) is 0 Å². The van der Waals surface area contributed by atoms with Gasteiger partial charge in [0.1, 0.15) is 5.75 Å². The fourth-order valence-electron chi connectivity index (χ4n) is 1.76. The number of Topliss-reactive ketones (excluding diaryl/α,β-unsaturated/α-hetero) is 1. The van der Waals surface area contributed by atoms with Crippen molar-refractivity contribution in [2.24, 2.45) is 0 Å². The number of carbonyl (C=O) groups excluding carboxylic acids is 1. The molecular weight excluding hydrogens is 212 g/mol. The number of benzene rings is 1. The first-order chi connectivity index (χ1) is 8.20. The van der Waals surface area contributed by atoms with Crippen LogP contribution >= 0.6 is 0 Å². The lowest BCUT2D eigenvalue weighted by molar-refractivity contribution is 0.102. The Kier molecular flexibility index (Phi) is 5.47. The van der Waals surface area contributed by atoms with E-state index < -0.39 is 0 Å². The monoisotopic (exact) mass is 232 g/mol. The van der Waals surface area contributed by atoms with Crippen LogP contribution in [0.5, 0.6) is 5.75 Å². The predicted molar refractivity (Wildman–Crippen MR) is 70.3 cm³/mol. The van der Waals surface area contributed by atoms with Crippen molar-refractivity contribution in [1.82, 2.24) is 0 Å². The second-order valence-corrected chi connectivity index (χ2v) is 4.09. The summed E-state index contributed by atoms with van der Waals surface area (Å²) < 4.78 is 0. The quantitative estimate of drug-likeness (QED) is 0.592. The molecule has 0 heterocycles. The van der Waals surface area contributed by atoms with Crippen molar-refractivity contribution in [2.45, 2.75) is 39.5 Å². The van der Waals surface area contributed by atoms with Gasteiger partial charge in [-0.05, 0) is 37.0 Å². The molecule has 0 amide bonds. The smallest absolute Gasteiger partial charge is 0.192 e. The SMILES string of the molecule is CC/C=C(\CCCC)C(=O)c1ccccc1O. The summed E-state index contributed by atoms with van der Waals surface area (Å²) in [5, 5.41) is 9.68. The van der Waals surface area contributed by atoms with Crippen molar-refractivity contribution in [2.75, 3.05) is 0 Å². The molecule has 2 nitrogen and oxygen atoms in total. The van der Waals surface area contributed by atoms with Gasteiger partial charge in [0.2, 0.25) is 0 Å². The Labute approximate surface area is 103 Å². The molecule has 0 aliphatic heterocycles. The average Bonchev–Trinajstić information content (AvgIpc) is 2.34. The average molecular weight is 232 g/mol. The van der Waals surface area contributed by atoms with Crippen LogP contribution in [-0.4, -0.2) is 10.9 Å². The maximum atomic E-state index is 12.2. The van der Waals surface area contributed by atoms with Gasteiger partial charge in [-0.25, -0.2) is 0 Å². The van der Waals surface area contributed by atoms with Gasteiger partial charge in [-0.15, -0.1) is 0 Å². The van der Waals surface area contributed by atoms with Gasteiger partial charge in [0.25, 0.3) is 0 Å². The molecule has 0 aliphatic carbocycles. The molecule has 0 aliphatic rings. The van der Waals surface area contributed by atoms with E-state index in [0.717, 1.165) is 31.3 Å². The zero-order valence-corrected chi connectivity index (χ0v) is 10.6. The lowest BCUT2D eigenvalue weighted by Crippen LogP contribution is -2.04. The number of aromatic hydroxyl groups is 1. The summed E-state index contributed by atoms with van der Waals surface area (Å²) in [6.45, 7) is 4.12. The highest BCUT2D eigenvalue weighted by Gasteiger charge is 2.14. The van der Waals surface area contributed by atoms with E-state index in [9.17, 15) is 9.90 Å². The van der Waals surface area contributed by atoms with Crippen LogP contribution in [0.4, 0.5) is 0 Å². The minimum atomic E-state index is -0.0431. The molecule has 0 fully saturated rings. The molecule has 0 spiro atoms. The summed E-state index contributed by atoms with van der Waals surface area (Å²) >= 11 is 0. The van der Waals surface area contributed by atoms with Crippen molar-refractivity contribution in [3.8, 4) is 5.75 Å². The van der Waals surface area contributed by atoms with Gasteiger partial charge in [-0.1, -0.05) is 38.5 Å². The fourth-order valence-corrected chi connectivity index (χ4v) is 1.76. The molecule has 1 aromatic rings. The van der Waals surface area contributed by atoms with E-state index in [2.05, 4.69) is 6.92 Å². The van der Waals surface area contributed by atoms with Crippen LogP contribution in [0.25, 0.3) is 0 Å². The van der Waals surface area contributed by atoms with Gasteiger partial charge in [0, 0.05) is 0 Å². The van der Waals surface area contributed by atoms with Crippen molar-refractivity contribution >= 4 is 5.78 Å². The number of phenols is 1. The molecule has 0 saturated heterocycles. The van der Waals surface area contributed by atoms with E-state index in [0.29, 0.717) is 5.56 Å². The Morgan fingerprint density at radius 2 is 2.00 bits per heavy atom. The molecule has 0 radical (unpaired) electrons. The Hall–Kier alpha value is -1.57. The Morgan fingerprint density at radius 1 is 1.29 bits per heavy atom. The number of hydrogen-bond donors (Lipinski definition) is 1. The maximum absolute atomic E-state index is 12.2. The van der Waals surface area contributed by atoms with Crippen molar-refractivity contribution in [1.29, 1.82) is 0 Å².